The number of Topliss-reactive ketones (excluding diaryl/α,β-unsaturated/α-hetero) is 1. The van der Waals surface area contributed by atoms with E-state index in [0.717, 1.165) is 36.3 Å². The zero-order chi connectivity index (χ0) is 15.4. The number of carbonyl (C=O) groups excluding carboxylic acids is 2. The molecule has 1 atom stereocenters. The molecule has 0 spiro atoms. The SMILES string of the molecule is Cc1ccc(C)c(C(=O)CCC(=O)N2CCNC[C@H]2C)c1.Cl. The van der Waals surface area contributed by atoms with Gasteiger partial charge in [-0.05, 0) is 32.4 Å². The van der Waals surface area contributed by atoms with Crippen LogP contribution < -0.4 is 5.32 Å². The Balaban J connectivity index is 0.00000242. The zero-order valence-corrected chi connectivity index (χ0v) is 14.3. The fraction of sp³-hybridized carbons (Fsp3) is 0.529. The minimum absolute atomic E-state index is 0. The molecule has 0 saturated carbocycles. The lowest BCUT2D eigenvalue weighted by atomic mass is 9.99. The van der Waals surface area contributed by atoms with Gasteiger partial charge < -0.3 is 10.2 Å². The first-order valence-corrected chi connectivity index (χ1v) is 7.59. The van der Waals surface area contributed by atoms with Gasteiger partial charge in [0.1, 0.15) is 0 Å². The lowest BCUT2D eigenvalue weighted by Crippen LogP contribution is -2.52. The summed E-state index contributed by atoms with van der Waals surface area (Å²) in [6.45, 7) is 8.35. The topological polar surface area (TPSA) is 49.4 Å². The van der Waals surface area contributed by atoms with Crippen molar-refractivity contribution in [2.45, 2.75) is 39.7 Å². The Bertz CT molecular complexity index is 545. The van der Waals surface area contributed by atoms with Crippen molar-refractivity contribution in [1.29, 1.82) is 0 Å². The summed E-state index contributed by atoms with van der Waals surface area (Å²) >= 11 is 0. The smallest absolute Gasteiger partial charge is 0.223 e. The van der Waals surface area contributed by atoms with Gasteiger partial charge in [0.25, 0.3) is 0 Å². The van der Waals surface area contributed by atoms with Gasteiger partial charge >= 0.3 is 0 Å². The number of benzene rings is 1. The normalized spacial score (nSPS) is 17.8. The highest BCUT2D eigenvalue weighted by atomic mass is 35.5. The summed E-state index contributed by atoms with van der Waals surface area (Å²) in [7, 11) is 0. The lowest BCUT2D eigenvalue weighted by molar-refractivity contribution is -0.133. The molecular formula is C17H25ClN2O2. The molecule has 1 aliphatic rings. The van der Waals surface area contributed by atoms with E-state index >= 15 is 0 Å². The number of aryl methyl sites for hydroxylation is 2. The first-order valence-electron chi connectivity index (χ1n) is 7.59. The van der Waals surface area contributed by atoms with E-state index in [2.05, 4.69) is 5.32 Å². The second kappa shape index (κ2) is 8.30. The van der Waals surface area contributed by atoms with Gasteiger partial charge in [-0.25, -0.2) is 0 Å². The predicted molar refractivity (Wildman–Crippen MR) is 90.8 cm³/mol. The fourth-order valence-electron chi connectivity index (χ4n) is 2.75. The lowest BCUT2D eigenvalue weighted by Gasteiger charge is -2.34. The molecule has 0 aliphatic carbocycles. The molecule has 1 aliphatic heterocycles. The Morgan fingerprint density at radius 2 is 2.00 bits per heavy atom. The molecule has 122 valence electrons. The van der Waals surface area contributed by atoms with Crippen LogP contribution in [0.15, 0.2) is 18.2 Å². The molecule has 22 heavy (non-hydrogen) atoms. The maximum absolute atomic E-state index is 12.3. The molecule has 0 radical (unpaired) electrons. The maximum atomic E-state index is 12.3. The average Bonchev–Trinajstić information content (AvgIpc) is 2.47. The van der Waals surface area contributed by atoms with E-state index in [-0.39, 0.29) is 30.1 Å². The van der Waals surface area contributed by atoms with Crippen molar-refractivity contribution in [1.82, 2.24) is 10.2 Å². The van der Waals surface area contributed by atoms with Crippen LogP contribution in [-0.2, 0) is 4.79 Å². The van der Waals surface area contributed by atoms with E-state index in [1.807, 2.05) is 43.9 Å². The van der Waals surface area contributed by atoms with E-state index < -0.39 is 0 Å². The molecule has 0 bridgehead atoms. The molecular weight excluding hydrogens is 300 g/mol. The summed E-state index contributed by atoms with van der Waals surface area (Å²) in [5, 5.41) is 3.26. The zero-order valence-electron chi connectivity index (χ0n) is 13.5. The van der Waals surface area contributed by atoms with Gasteiger partial charge in [-0.15, -0.1) is 12.4 Å². The molecule has 1 aromatic rings. The molecule has 0 aromatic heterocycles. The molecule has 5 heteroatoms. The fourth-order valence-corrected chi connectivity index (χ4v) is 2.75. The Morgan fingerprint density at radius 3 is 2.68 bits per heavy atom. The largest absolute Gasteiger partial charge is 0.337 e. The van der Waals surface area contributed by atoms with Gasteiger partial charge in [0.2, 0.25) is 5.91 Å². The third-order valence-electron chi connectivity index (χ3n) is 4.08. The summed E-state index contributed by atoms with van der Waals surface area (Å²) in [6, 6.07) is 6.08. The molecule has 1 aromatic carbocycles. The Hall–Kier alpha value is -1.39. The number of carbonyl (C=O) groups is 2. The van der Waals surface area contributed by atoms with Crippen LogP contribution in [0.25, 0.3) is 0 Å². The first-order chi connectivity index (χ1) is 9.99. The predicted octanol–water partition coefficient (Wildman–Crippen LogP) is 2.51. The van der Waals surface area contributed by atoms with Crippen molar-refractivity contribution in [3.05, 3.63) is 34.9 Å². The van der Waals surface area contributed by atoms with Crippen LogP contribution in [0.5, 0.6) is 0 Å². The van der Waals surface area contributed by atoms with Crippen LogP contribution in [0.4, 0.5) is 0 Å². The van der Waals surface area contributed by atoms with Gasteiger partial charge in [0.05, 0.1) is 0 Å². The molecule has 4 nitrogen and oxygen atoms in total. The highest BCUT2D eigenvalue weighted by Crippen LogP contribution is 2.15. The van der Waals surface area contributed by atoms with Crippen molar-refractivity contribution in [3.8, 4) is 0 Å². The number of nitrogens with one attached hydrogen (secondary N) is 1. The van der Waals surface area contributed by atoms with Crippen LogP contribution in [0.3, 0.4) is 0 Å². The van der Waals surface area contributed by atoms with Gasteiger partial charge in [-0.1, -0.05) is 17.7 Å². The van der Waals surface area contributed by atoms with Crippen LogP contribution in [0.2, 0.25) is 0 Å². The minimum atomic E-state index is 0. The Labute approximate surface area is 138 Å². The summed E-state index contributed by atoms with van der Waals surface area (Å²) in [4.78, 5) is 26.4. The maximum Gasteiger partial charge on any atom is 0.223 e. The van der Waals surface area contributed by atoms with E-state index in [1.54, 1.807) is 0 Å². The van der Waals surface area contributed by atoms with Crippen molar-refractivity contribution in [3.63, 3.8) is 0 Å². The van der Waals surface area contributed by atoms with Gasteiger partial charge in [-0.2, -0.15) is 0 Å². The third-order valence-corrected chi connectivity index (χ3v) is 4.08. The van der Waals surface area contributed by atoms with Crippen LogP contribution in [0, 0.1) is 13.8 Å². The number of hydrogen-bond acceptors (Lipinski definition) is 3. The van der Waals surface area contributed by atoms with Gasteiger partial charge in [0.15, 0.2) is 5.78 Å². The molecule has 1 N–H and O–H groups in total. The molecule has 0 unspecified atom stereocenters. The van der Waals surface area contributed by atoms with E-state index in [1.165, 1.54) is 0 Å². The van der Waals surface area contributed by atoms with Gasteiger partial charge in [0, 0.05) is 44.1 Å². The summed E-state index contributed by atoms with van der Waals surface area (Å²) < 4.78 is 0. The molecule has 1 heterocycles. The third kappa shape index (κ3) is 4.55. The molecule has 1 saturated heterocycles. The molecule has 1 fully saturated rings. The monoisotopic (exact) mass is 324 g/mol. The number of piperazine rings is 1. The van der Waals surface area contributed by atoms with E-state index in [9.17, 15) is 9.59 Å². The molecule has 1 amide bonds. The van der Waals surface area contributed by atoms with Crippen LogP contribution in [-0.4, -0.2) is 42.3 Å². The number of amides is 1. The number of halogens is 1. The summed E-state index contributed by atoms with van der Waals surface area (Å²) in [6.07, 6.45) is 0.594. The number of rotatable bonds is 4. The average molecular weight is 325 g/mol. The highest BCUT2D eigenvalue weighted by Gasteiger charge is 2.23. The van der Waals surface area contributed by atoms with Gasteiger partial charge in [-0.3, -0.25) is 9.59 Å². The van der Waals surface area contributed by atoms with Crippen molar-refractivity contribution >= 4 is 24.1 Å². The second-order valence-corrected chi connectivity index (χ2v) is 5.88. The van der Waals surface area contributed by atoms with E-state index in [0.29, 0.717) is 12.8 Å². The van der Waals surface area contributed by atoms with Crippen molar-refractivity contribution in [2.75, 3.05) is 19.6 Å². The Kier molecular flexibility index (Phi) is 7.04. The Morgan fingerprint density at radius 1 is 1.27 bits per heavy atom. The second-order valence-electron chi connectivity index (χ2n) is 5.88. The summed E-state index contributed by atoms with van der Waals surface area (Å²) in [5.74, 6) is 0.148. The quantitative estimate of drug-likeness (QED) is 0.866. The standard InChI is InChI=1S/C17H24N2O2.ClH/c1-12-4-5-13(2)15(10-12)16(20)6-7-17(21)19-9-8-18-11-14(19)3;/h4-5,10,14,18H,6-9,11H2,1-3H3;1H/t14-;/m1./s1. The highest BCUT2D eigenvalue weighted by molar-refractivity contribution is 5.99. The number of ketones is 1. The number of hydrogen-bond donors (Lipinski definition) is 1. The molecule has 2 rings (SSSR count). The van der Waals surface area contributed by atoms with Crippen molar-refractivity contribution < 1.29 is 9.59 Å². The minimum Gasteiger partial charge on any atom is -0.337 e. The first kappa shape index (κ1) is 18.7. The van der Waals surface area contributed by atoms with E-state index in [4.69, 9.17) is 0 Å². The van der Waals surface area contributed by atoms with Crippen molar-refractivity contribution in [2.24, 2.45) is 0 Å². The van der Waals surface area contributed by atoms with Crippen LogP contribution >= 0.6 is 12.4 Å². The number of nitrogens with zero attached hydrogens (tertiary/aromatic N) is 1. The van der Waals surface area contributed by atoms with Crippen LogP contribution in [0.1, 0.15) is 41.3 Å². The summed E-state index contributed by atoms with van der Waals surface area (Å²) in [5.41, 5.74) is 2.80.